The molecule has 4 aliphatic heterocycles. The number of nitrogens with two attached hydrogens (primary N) is 2. The monoisotopic (exact) mass is 886 g/mol. The van der Waals surface area contributed by atoms with E-state index in [-0.39, 0.29) is 156 Å². The Morgan fingerprint density at radius 2 is 1.05 bits per heavy atom. The fourth-order valence-corrected chi connectivity index (χ4v) is 7.92. The minimum atomic E-state index is -3.10. The Bertz CT molecular complexity index is 2120. The Morgan fingerprint density at radius 3 is 1.37 bits per heavy atom. The number of aryl methyl sites for hydroxylation is 2. The molecular formula is C34H38B2N6Na2O14S2. The van der Waals surface area contributed by atoms with Crippen LogP contribution in [0.15, 0.2) is 35.0 Å². The average Bonchev–Trinajstić information content (AvgIpc) is 3.71. The van der Waals surface area contributed by atoms with Gasteiger partial charge >= 0.3 is 84.6 Å². The second-order valence-electron chi connectivity index (χ2n) is 14.3. The molecule has 26 heteroatoms. The molecule has 2 amide bonds. The van der Waals surface area contributed by atoms with Gasteiger partial charge in [0, 0.05) is 10.8 Å². The molecule has 0 radical (unpaired) electrons. The van der Waals surface area contributed by atoms with Gasteiger partial charge in [-0.25, -0.2) is 19.6 Å². The molecule has 60 heavy (non-hydrogen) atoms. The number of carbonyl (C=O) groups is 4. The number of benzene rings is 2. The third-order valence-electron chi connectivity index (χ3n) is 9.81. The molecule has 4 aromatic rings. The second kappa shape index (κ2) is 19.2. The quantitative estimate of drug-likeness (QED) is 0.0688. The molecule has 308 valence electrons. The van der Waals surface area contributed by atoms with Gasteiger partial charge in [0.25, 0.3) is 0 Å². The van der Waals surface area contributed by atoms with Crippen LogP contribution in [0.5, 0.6) is 23.0 Å². The van der Waals surface area contributed by atoms with Gasteiger partial charge in [0.2, 0.25) is 11.8 Å². The first-order valence-corrected chi connectivity index (χ1v) is 19.8. The van der Waals surface area contributed by atoms with Crippen molar-refractivity contribution in [2.24, 2.45) is 0 Å². The summed E-state index contributed by atoms with van der Waals surface area (Å²) in [7, 11) is 0. The Balaban J connectivity index is 0.000000220. The Hall–Kier alpha value is -3.65. The van der Waals surface area contributed by atoms with Gasteiger partial charge in [-0.1, -0.05) is 24.8 Å². The number of thiazole rings is 2. The van der Waals surface area contributed by atoms with Crippen LogP contribution in [0.1, 0.15) is 43.2 Å². The molecule has 8 rings (SSSR count). The van der Waals surface area contributed by atoms with E-state index in [0.717, 1.165) is 0 Å². The second-order valence-corrected chi connectivity index (χ2v) is 16.1. The first kappa shape index (κ1) is 47.4. The largest absolute Gasteiger partial charge is 1.00 e. The Kier molecular flexibility index (Phi) is 15.1. The molecule has 0 saturated carbocycles. The number of ether oxygens (including phenoxy) is 2. The number of anilines is 2. The molecule has 0 atom stereocenters. The van der Waals surface area contributed by atoms with Crippen molar-refractivity contribution >= 4 is 70.2 Å². The van der Waals surface area contributed by atoms with Crippen LogP contribution in [0.4, 0.5) is 10.3 Å². The number of likely N-dealkylation sites (tertiary alicyclic amines) is 2. The maximum Gasteiger partial charge on any atom is 1.00 e. The summed E-state index contributed by atoms with van der Waals surface area (Å²) in [5, 5.41) is 62.6. The zero-order valence-electron chi connectivity index (χ0n) is 32.6. The molecule has 0 spiro atoms. The van der Waals surface area contributed by atoms with E-state index in [1.54, 1.807) is 32.7 Å². The Labute approximate surface area is 394 Å². The molecule has 0 aliphatic carbocycles. The summed E-state index contributed by atoms with van der Waals surface area (Å²) in [6, 6.07) is 6.36. The van der Waals surface area contributed by atoms with Crippen LogP contribution in [-0.2, 0) is 35.3 Å². The molecule has 20 nitrogen and oxygen atoms in total. The van der Waals surface area contributed by atoms with Crippen LogP contribution in [0, 0.1) is 0 Å². The smallest absolute Gasteiger partial charge is 0.669 e. The fourth-order valence-electron chi connectivity index (χ4n) is 6.80. The van der Waals surface area contributed by atoms with E-state index in [1.165, 1.54) is 34.8 Å². The number of hydrogen-bond acceptors (Lipinski definition) is 18. The van der Waals surface area contributed by atoms with Gasteiger partial charge < -0.3 is 70.4 Å². The van der Waals surface area contributed by atoms with E-state index in [2.05, 4.69) is 9.97 Å². The molecule has 2 aromatic carbocycles. The normalized spacial score (nSPS) is 17.2. The summed E-state index contributed by atoms with van der Waals surface area (Å²) in [6.07, 6.45) is 0.101. The molecule has 2 saturated heterocycles. The summed E-state index contributed by atoms with van der Waals surface area (Å²) in [5.74, 6) is -2.86. The zero-order valence-corrected chi connectivity index (χ0v) is 38.2. The van der Waals surface area contributed by atoms with Gasteiger partial charge in [-0.15, -0.1) is 22.7 Å². The van der Waals surface area contributed by atoms with Crippen molar-refractivity contribution < 1.29 is 127 Å². The van der Waals surface area contributed by atoms with Crippen molar-refractivity contribution in [1.29, 1.82) is 0 Å². The van der Waals surface area contributed by atoms with Crippen molar-refractivity contribution in [2.75, 3.05) is 37.6 Å². The number of nitrogen functional groups attached to an aromatic ring is 2. The minimum absolute atomic E-state index is 0. The summed E-state index contributed by atoms with van der Waals surface area (Å²) in [4.78, 5) is 59.4. The summed E-state index contributed by atoms with van der Waals surface area (Å²) >= 11 is 2.54. The molecular weight excluding hydrogens is 848 g/mol. The van der Waals surface area contributed by atoms with Crippen molar-refractivity contribution in [2.45, 2.75) is 50.5 Å². The summed E-state index contributed by atoms with van der Waals surface area (Å²) in [6.45, 7) is -4.96. The van der Waals surface area contributed by atoms with E-state index < -0.39 is 25.4 Å². The van der Waals surface area contributed by atoms with Crippen LogP contribution in [0.25, 0.3) is 0 Å². The van der Waals surface area contributed by atoms with E-state index in [0.29, 0.717) is 59.0 Å². The maximum absolute atomic E-state index is 12.3. The predicted octanol–water partition coefficient (Wildman–Crippen LogP) is -5.76. The molecule has 10 N–H and O–H groups in total. The third kappa shape index (κ3) is 11.0. The number of aromatic carboxylic acids is 2. The number of carboxylic acids is 2. The minimum Gasteiger partial charge on any atom is -0.669 e. The van der Waals surface area contributed by atoms with Crippen molar-refractivity contribution in [3.63, 3.8) is 0 Å². The van der Waals surface area contributed by atoms with Crippen molar-refractivity contribution in [3.05, 3.63) is 68.7 Å². The summed E-state index contributed by atoms with van der Waals surface area (Å²) < 4.78 is 21.8. The molecule has 0 bridgehead atoms. The van der Waals surface area contributed by atoms with Gasteiger partial charge in [-0.05, 0) is 36.1 Å². The van der Waals surface area contributed by atoms with Crippen LogP contribution >= 0.6 is 22.7 Å². The number of carbonyl (C=O) groups excluding carboxylic acids is 2. The molecule has 2 aromatic heterocycles. The fraction of sp³-hybridized carbons (Fsp3) is 0.353. The van der Waals surface area contributed by atoms with Gasteiger partial charge in [0.15, 0.2) is 10.3 Å². The zero-order chi connectivity index (χ0) is 41.5. The van der Waals surface area contributed by atoms with Crippen molar-refractivity contribution in [1.82, 2.24) is 19.8 Å². The maximum atomic E-state index is 12.3. The number of rotatable bonds is 10. The van der Waals surface area contributed by atoms with Gasteiger partial charge in [0.1, 0.15) is 34.8 Å². The van der Waals surface area contributed by atoms with Crippen LogP contribution in [0.2, 0.25) is 12.6 Å². The molecule has 6 heterocycles. The third-order valence-corrected chi connectivity index (χ3v) is 11.3. The van der Waals surface area contributed by atoms with Gasteiger partial charge in [-0.2, -0.15) is 0 Å². The van der Waals surface area contributed by atoms with E-state index >= 15 is 0 Å². The van der Waals surface area contributed by atoms with Crippen LogP contribution in [-0.4, -0.2) is 126 Å². The first-order valence-electron chi connectivity index (χ1n) is 18.1. The number of carboxylic acid groups (broad SMARTS) is 2. The average molecular weight is 886 g/mol. The number of fused-ring (bicyclic) bond motifs is 2. The number of hydrogen-bond donors (Lipinski definition) is 8. The molecule has 4 aliphatic rings. The number of nitrogens with zero attached hydrogens (tertiary/aromatic N) is 4. The molecule has 0 unspecified atom stereocenters. The number of aromatic nitrogens is 2. The predicted molar refractivity (Wildman–Crippen MR) is 208 cm³/mol. The first-order chi connectivity index (χ1) is 27.4. The summed E-state index contributed by atoms with van der Waals surface area (Å²) in [5.41, 5.74) is 13.0. The standard InChI is InChI=1S/2C17H19BN3O7S.2Na/c2*19-17-20-10(8-29-17)5-13(22)21-6-11(7-21)27-12-2-1-9-3-4-18(25,26)28-15(9)14(12)16(23)24;;/h2*1-2,8,11,25-26H,3-7H2,(H2,19,20)(H,23,24);;/q2*-1;2*+1. The Morgan fingerprint density at radius 1 is 0.683 bits per heavy atom. The van der Waals surface area contributed by atoms with Crippen LogP contribution in [0.3, 0.4) is 0 Å². The molecule has 2 fully saturated rings. The van der Waals surface area contributed by atoms with E-state index in [1.807, 2.05) is 0 Å². The topological polar surface area (TPSA) is 311 Å². The van der Waals surface area contributed by atoms with Crippen LogP contribution < -0.4 is 89.4 Å². The van der Waals surface area contributed by atoms with Gasteiger partial charge in [-0.3, -0.25) is 9.59 Å². The SMILES string of the molecule is Nc1nc(CC(=O)N2CC(Oc3ccc4c(c3C(=O)O)O[B-](O)(O)CC4)C2)cs1.Nc1nc(CC(=O)N2CC(Oc3ccc4c(c3C(=O)O)O[B-](O)(O)CC4)C2)cs1.[Na+].[Na+]. The van der Waals surface area contributed by atoms with Gasteiger partial charge in [0.05, 0.1) is 61.9 Å². The van der Waals surface area contributed by atoms with E-state index in [9.17, 15) is 49.5 Å². The van der Waals surface area contributed by atoms with Crippen molar-refractivity contribution in [3.8, 4) is 23.0 Å². The number of amides is 2. The van der Waals surface area contributed by atoms with E-state index in [4.69, 9.17) is 30.2 Å².